The summed E-state index contributed by atoms with van der Waals surface area (Å²) in [6.45, 7) is 2.49. The number of carboxylic acid groups (broad SMARTS) is 1. The van der Waals surface area contributed by atoms with E-state index in [0.29, 0.717) is 25.8 Å². The van der Waals surface area contributed by atoms with E-state index in [-0.39, 0.29) is 23.5 Å². The number of sulfone groups is 1. The van der Waals surface area contributed by atoms with Crippen molar-refractivity contribution in [2.45, 2.75) is 57.3 Å². The third-order valence-electron chi connectivity index (χ3n) is 4.26. The fourth-order valence-corrected chi connectivity index (χ4v) is 4.74. The lowest BCUT2D eigenvalue weighted by atomic mass is 10.1. The zero-order valence-corrected chi connectivity index (χ0v) is 13.5. The van der Waals surface area contributed by atoms with E-state index in [1.807, 2.05) is 6.92 Å². The number of unbranched alkanes of at least 4 members (excludes halogenated alkanes) is 1. The number of amides is 1. The molecule has 126 valence electrons. The molecule has 0 radical (unpaired) electrons. The molecule has 0 spiro atoms. The van der Waals surface area contributed by atoms with Gasteiger partial charge in [0.2, 0.25) is 0 Å². The molecule has 0 aromatic heterocycles. The minimum Gasteiger partial charge on any atom is -0.479 e. The van der Waals surface area contributed by atoms with E-state index in [1.54, 1.807) is 4.90 Å². The van der Waals surface area contributed by atoms with Gasteiger partial charge in [-0.2, -0.15) is 0 Å². The zero-order valence-electron chi connectivity index (χ0n) is 12.7. The first-order valence-electron chi connectivity index (χ1n) is 7.73. The topological polar surface area (TPSA) is 101 Å². The van der Waals surface area contributed by atoms with Crippen LogP contribution >= 0.6 is 0 Å². The predicted octanol–water partition coefficient (Wildman–Crippen LogP) is 0.434. The van der Waals surface area contributed by atoms with Crippen LogP contribution in [0, 0.1) is 0 Å². The summed E-state index contributed by atoms with van der Waals surface area (Å²) in [6.07, 6.45) is 1.13. The van der Waals surface area contributed by atoms with Gasteiger partial charge in [-0.25, -0.2) is 13.2 Å². The standard InChI is InChI=1S/C14H23NO6S/c1-2-3-7-15(10-6-8-22(19,20)9-10)13(16)11-4-5-12(21-11)14(17)18/h10-12H,2-9H2,1H3,(H,17,18)/t10?,11-,12+/m0/s1. The largest absolute Gasteiger partial charge is 0.479 e. The van der Waals surface area contributed by atoms with Gasteiger partial charge in [0, 0.05) is 12.6 Å². The molecule has 0 aromatic rings. The van der Waals surface area contributed by atoms with Crippen molar-refractivity contribution in [2.75, 3.05) is 18.1 Å². The fraction of sp³-hybridized carbons (Fsp3) is 0.857. The molecule has 0 bridgehead atoms. The molecule has 2 aliphatic heterocycles. The lowest BCUT2D eigenvalue weighted by Crippen LogP contribution is -2.47. The highest BCUT2D eigenvalue weighted by Crippen LogP contribution is 2.25. The molecule has 2 heterocycles. The van der Waals surface area contributed by atoms with Crippen molar-refractivity contribution < 1.29 is 27.9 Å². The van der Waals surface area contributed by atoms with Crippen LogP contribution < -0.4 is 0 Å². The molecular weight excluding hydrogens is 310 g/mol. The van der Waals surface area contributed by atoms with Crippen LogP contribution in [0.15, 0.2) is 0 Å². The van der Waals surface area contributed by atoms with Gasteiger partial charge in [0.1, 0.15) is 6.10 Å². The Morgan fingerprint density at radius 2 is 1.91 bits per heavy atom. The molecule has 0 aliphatic carbocycles. The smallest absolute Gasteiger partial charge is 0.332 e. The summed E-state index contributed by atoms with van der Waals surface area (Å²) in [5, 5.41) is 8.94. The Hall–Kier alpha value is -1.15. The van der Waals surface area contributed by atoms with Crippen LogP contribution in [0.3, 0.4) is 0 Å². The second kappa shape index (κ2) is 6.95. The average molecular weight is 333 g/mol. The SMILES string of the molecule is CCCCN(C(=O)[C@@H]1CC[C@H](C(=O)O)O1)C1CCS(=O)(=O)C1. The Morgan fingerprint density at radius 3 is 2.41 bits per heavy atom. The molecule has 2 rings (SSSR count). The maximum Gasteiger partial charge on any atom is 0.332 e. The van der Waals surface area contributed by atoms with Crippen LogP contribution in [0.25, 0.3) is 0 Å². The summed E-state index contributed by atoms with van der Waals surface area (Å²) in [5.74, 6) is -1.22. The van der Waals surface area contributed by atoms with E-state index >= 15 is 0 Å². The summed E-state index contributed by atoms with van der Waals surface area (Å²) >= 11 is 0. The van der Waals surface area contributed by atoms with Crippen molar-refractivity contribution in [1.82, 2.24) is 4.90 Å². The summed E-state index contributed by atoms with van der Waals surface area (Å²) < 4.78 is 28.6. The number of nitrogens with zero attached hydrogens (tertiary/aromatic N) is 1. The minimum absolute atomic E-state index is 0.00245. The molecule has 2 aliphatic rings. The number of aliphatic carboxylic acids is 1. The monoisotopic (exact) mass is 333 g/mol. The van der Waals surface area contributed by atoms with Gasteiger partial charge in [-0.3, -0.25) is 4.79 Å². The molecule has 0 aromatic carbocycles. The Morgan fingerprint density at radius 1 is 1.23 bits per heavy atom. The number of hydrogen-bond acceptors (Lipinski definition) is 5. The molecule has 1 N–H and O–H groups in total. The molecule has 8 heteroatoms. The van der Waals surface area contributed by atoms with E-state index in [1.165, 1.54) is 0 Å². The summed E-state index contributed by atoms with van der Waals surface area (Å²) in [5.41, 5.74) is 0. The second-order valence-electron chi connectivity index (χ2n) is 5.97. The first-order valence-corrected chi connectivity index (χ1v) is 9.55. The Labute approximate surface area is 130 Å². The molecule has 2 fully saturated rings. The van der Waals surface area contributed by atoms with Crippen molar-refractivity contribution in [3.8, 4) is 0 Å². The molecule has 7 nitrogen and oxygen atoms in total. The molecular formula is C14H23NO6S. The summed E-state index contributed by atoms with van der Waals surface area (Å²) in [6, 6.07) is -0.309. The van der Waals surface area contributed by atoms with Crippen LogP contribution in [0.4, 0.5) is 0 Å². The Balaban J connectivity index is 2.05. The van der Waals surface area contributed by atoms with E-state index in [0.717, 1.165) is 12.8 Å². The molecule has 2 saturated heterocycles. The van der Waals surface area contributed by atoms with Gasteiger partial charge in [-0.15, -0.1) is 0 Å². The summed E-state index contributed by atoms with van der Waals surface area (Å²) in [4.78, 5) is 25.2. The van der Waals surface area contributed by atoms with Gasteiger partial charge in [0.05, 0.1) is 11.5 Å². The second-order valence-corrected chi connectivity index (χ2v) is 8.20. The van der Waals surface area contributed by atoms with Crippen LogP contribution in [0.2, 0.25) is 0 Å². The predicted molar refractivity (Wildman–Crippen MR) is 79.2 cm³/mol. The van der Waals surface area contributed by atoms with Crippen LogP contribution in [-0.4, -0.2) is 66.6 Å². The van der Waals surface area contributed by atoms with Gasteiger partial charge in [-0.05, 0) is 25.7 Å². The van der Waals surface area contributed by atoms with Crippen molar-refractivity contribution in [2.24, 2.45) is 0 Å². The van der Waals surface area contributed by atoms with E-state index < -0.39 is 28.0 Å². The van der Waals surface area contributed by atoms with Gasteiger partial charge >= 0.3 is 5.97 Å². The molecule has 1 unspecified atom stereocenters. The van der Waals surface area contributed by atoms with Crippen molar-refractivity contribution >= 4 is 21.7 Å². The number of hydrogen-bond donors (Lipinski definition) is 1. The number of carbonyl (C=O) groups is 2. The zero-order chi connectivity index (χ0) is 16.3. The van der Waals surface area contributed by atoms with Crippen molar-refractivity contribution in [3.05, 3.63) is 0 Å². The normalized spacial score (nSPS) is 30.3. The minimum atomic E-state index is -3.08. The van der Waals surface area contributed by atoms with E-state index in [4.69, 9.17) is 9.84 Å². The van der Waals surface area contributed by atoms with Crippen LogP contribution in [0.5, 0.6) is 0 Å². The van der Waals surface area contributed by atoms with Gasteiger partial charge in [-0.1, -0.05) is 13.3 Å². The van der Waals surface area contributed by atoms with E-state index in [2.05, 4.69) is 0 Å². The number of carboxylic acids is 1. The highest BCUT2D eigenvalue weighted by atomic mass is 32.2. The van der Waals surface area contributed by atoms with Gasteiger partial charge < -0.3 is 14.7 Å². The maximum atomic E-state index is 12.6. The highest BCUT2D eigenvalue weighted by Gasteiger charge is 2.41. The van der Waals surface area contributed by atoms with Crippen molar-refractivity contribution in [1.29, 1.82) is 0 Å². The average Bonchev–Trinajstić information content (AvgIpc) is 3.06. The van der Waals surface area contributed by atoms with Crippen LogP contribution in [-0.2, 0) is 24.2 Å². The molecule has 1 amide bonds. The molecule has 22 heavy (non-hydrogen) atoms. The van der Waals surface area contributed by atoms with Gasteiger partial charge in [0.25, 0.3) is 5.91 Å². The number of ether oxygens (including phenoxy) is 1. The lowest BCUT2D eigenvalue weighted by molar-refractivity contribution is -0.155. The fourth-order valence-electron chi connectivity index (χ4n) is 3.01. The highest BCUT2D eigenvalue weighted by molar-refractivity contribution is 7.91. The maximum absolute atomic E-state index is 12.6. The first kappa shape index (κ1) is 17.2. The molecule has 0 saturated carbocycles. The van der Waals surface area contributed by atoms with Crippen molar-refractivity contribution in [3.63, 3.8) is 0 Å². The van der Waals surface area contributed by atoms with Crippen LogP contribution in [0.1, 0.15) is 39.0 Å². The Kier molecular flexibility index (Phi) is 5.44. The first-order chi connectivity index (χ1) is 10.3. The van der Waals surface area contributed by atoms with E-state index in [9.17, 15) is 18.0 Å². The quantitative estimate of drug-likeness (QED) is 0.756. The third-order valence-corrected chi connectivity index (χ3v) is 6.01. The number of carbonyl (C=O) groups excluding carboxylic acids is 1. The summed E-state index contributed by atoms with van der Waals surface area (Å²) in [7, 11) is -3.08. The Bertz CT molecular complexity index is 531. The lowest BCUT2D eigenvalue weighted by Gasteiger charge is -2.30. The number of rotatable bonds is 6. The third kappa shape index (κ3) is 3.98. The van der Waals surface area contributed by atoms with Gasteiger partial charge in [0.15, 0.2) is 15.9 Å². The molecule has 3 atom stereocenters.